The number of thioether (sulfide) groups is 1. The molecule has 2 rings (SSSR count). The number of anilines is 2. The average Bonchev–Trinajstić information content (AvgIpc) is 3.15. The molecule has 0 atom stereocenters. The number of carbonyl (C=O) groups is 1. The van der Waals surface area contributed by atoms with Crippen LogP contribution < -0.4 is 21.9 Å². The van der Waals surface area contributed by atoms with Crippen molar-refractivity contribution in [1.82, 2.24) is 24.7 Å². The fourth-order valence-electron chi connectivity index (χ4n) is 2.71. The Morgan fingerprint density at radius 2 is 2.00 bits per heavy atom. The van der Waals surface area contributed by atoms with Crippen molar-refractivity contribution in [2.24, 2.45) is 5.92 Å². The Labute approximate surface area is 178 Å². The molecule has 166 valence electrons. The van der Waals surface area contributed by atoms with E-state index < -0.39 is 11.2 Å². The Balaban J connectivity index is 2.33. The van der Waals surface area contributed by atoms with Gasteiger partial charge in [-0.3, -0.25) is 24.2 Å². The lowest BCUT2D eigenvalue weighted by Gasteiger charge is -2.24. The van der Waals surface area contributed by atoms with E-state index in [1.807, 2.05) is 27.7 Å². The molecule has 0 aliphatic heterocycles. The molecule has 0 aliphatic carbocycles. The number of hydrogen-bond acceptors (Lipinski definition) is 8. The number of nitrogens with two attached hydrogens (primary N) is 1. The molecular weight excluding hydrogens is 410 g/mol. The van der Waals surface area contributed by atoms with E-state index in [0.29, 0.717) is 11.7 Å². The highest BCUT2D eigenvalue weighted by Crippen LogP contribution is 2.21. The number of methoxy groups -OCH3 is 1. The Morgan fingerprint density at radius 3 is 2.57 bits per heavy atom. The van der Waals surface area contributed by atoms with Crippen LogP contribution in [0.5, 0.6) is 0 Å². The van der Waals surface area contributed by atoms with Crippen LogP contribution in [0.1, 0.15) is 39.4 Å². The van der Waals surface area contributed by atoms with Gasteiger partial charge in [0.15, 0.2) is 5.69 Å². The van der Waals surface area contributed by atoms with Gasteiger partial charge in [-0.1, -0.05) is 39.5 Å². The largest absolute Gasteiger partial charge is 0.383 e. The molecule has 0 saturated carbocycles. The first-order valence-corrected chi connectivity index (χ1v) is 10.6. The third kappa shape index (κ3) is 5.72. The zero-order chi connectivity index (χ0) is 22.4. The summed E-state index contributed by atoms with van der Waals surface area (Å²) in [6, 6.07) is 0. The maximum Gasteiger partial charge on any atom is 0.330 e. The highest BCUT2D eigenvalue weighted by molar-refractivity contribution is 7.99. The Hall–Kier alpha value is -2.60. The molecule has 0 unspecified atom stereocenters. The number of hydrogen-bond donors (Lipinski definition) is 3. The summed E-state index contributed by atoms with van der Waals surface area (Å²) in [5, 5.41) is 7.36. The number of nitrogens with zero attached hydrogens (tertiary/aromatic N) is 4. The van der Waals surface area contributed by atoms with Gasteiger partial charge >= 0.3 is 5.69 Å². The fraction of sp³-hybridized carbons (Fsp3) is 0.611. The van der Waals surface area contributed by atoms with Gasteiger partial charge in [-0.15, -0.1) is 5.10 Å². The van der Waals surface area contributed by atoms with Crippen LogP contribution in [0.25, 0.3) is 0 Å². The number of nitrogen functional groups attached to an aromatic ring is 1. The zero-order valence-electron chi connectivity index (χ0n) is 17.9. The molecule has 0 radical (unpaired) electrons. The Morgan fingerprint density at radius 1 is 1.30 bits per heavy atom. The highest BCUT2D eigenvalue weighted by Gasteiger charge is 2.25. The van der Waals surface area contributed by atoms with E-state index in [-0.39, 0.29) is 48.2 Å². The van der Waals surface area contributed by atoms with Gasteiger partial charge in [0.1, 0.15) is 11.6 Å². The van der Waals surface area contributed by atoms with E-state index in [4.69, 9.17) is 10.5 Å². The molecule has 0 aromatic carbocycles. The monoisotopic (exact) mass is 439 g/mol. The normalized spacial score (nSPS) is 11.4. The summed E-state index contributed by atoms with van der Waals surface area (Å²) >= 11 is 1.15. The lowest BCUT2D eigenvalue weighted by atomic mass is 10.2. The predicted octanol–water partition coefficient (Wildman–Crippen LogP) is 0.788. The van der Waals surface area contributed by atoms with Crippen LogP contribution >= 0.6 is 11.8 Å². The van der Waals surface area contributed by atoms with E-state index in [9.17, 15) is 14.4 Å². The van der Waals surface area contributed by atoms with E-state index >= 15 is 0 Å². The molecule has 0 aliphatic rings. The van der Waals surface area contributed by atoms with E-state index in [2.05, 4.69) is 20.2 Å². The second kappa shape index (κ2) is 10.4. The number of nitrogens with one attached hydrogen (secondary N) is 2. The van der Waals surface area contributed by atoms with Crippen molar-refractivity contribution in [3.63, 3.8) is 0 Å². The summed E-state index contributed by atoms with van der Waals surface area (Å²) in [6.45, 7) is 8.41. The molecular formula is C18H29N7O4S. The molecule has 2 heterocycles. The summed E-state index contributed by atoms with van der Waals surface area (Å²) in [6.07, 6.45) is 0. The van der Waals surface area contributed by atoms with Gasteiger partial charge in [0.05, 0.1) is 12.4 Å². The molecule has 2 aromatic heterocycles. The third-order valence-electron chi connectivity index (χ3n) is 4.21. The van der Waals surface area contributed by atoms with Gasteiger partial charge in [0, 0.05) is 26.1 Å². The maximum absolute atomic E-state index is 13.0. The first-order valence-electron chi connectivity index (χ1n) is 9.62. The minimum absolute atomic E-state index is 0.0126. The molecule has 0 bridgehead atoms. The molecule has 12 heteroatoms. The number of aromatic nitrogens is 5. The highest BCUT2D eigenvalue weighted by atomic mass is 32.2. The number of carbonyl (C=O) groups excluding carboxylic acids is 1. The topological polar surface area (TPSA) is 152 Å². The van der Waals surface area contributed by atoms with Crippen molar-refractivity contribution in [2.45, 2.75) is 45.3 Å². The van der Waals surface area contributed by atoms with Crippen molar-refractivity contribution in [3.8, 4) is 0 Å². The second-order valence-electron chi connectivity index (χ2n) is 7.48. The van der Waals surface area contributed by atoms with Gasteiger partial charge in [0.25, 0.3) is 5.56 Å². The molecule has 0 fully saturated rings. The van der Waals surface area contributed by atoms with E-state index in [1.165, 1.54) is 16.6 Å². The molecule has 4 N–H and O–H groups in total. The minimum atomic E-state index is -0.716. The summed E-state index contributed by atoms with van der Waals surface area (Å²) in [4.78, 5) is 45.5. The Bertz CT molecular complexity index is 980. The van der Waals surface area contributed by atoms with Crippen molar-refractivity contribution >= 4 is 29.2 Å². The van der Waals surface area contributed by atoms with Crippen molar-refractivity contribution in [3.05, 3.63) is 26.7 Å². The molecule has 0 spiro atoms. The molecule has 11 nitrogen and oxygen atoms in total. The summed E-state index contributed by atoms with van der Waals surface area (Å²) < 4.78 is 6.35. The smallest absolute Gasteiger partial charge is 0.330 e. The van der Waals surface area contributed by atoms with Crippen LogP contribution in [0.15, 0.2) is 14.7 Å². The first-order chi connectivity index (χ1) is 14.1. The quantitative estimate of drug-likeness (QED) is 0.459. The maximum atomic E-state index is 13.0. The number of amides is 1. The van der Waals surface area contributed by atoms with Crippen LogP contribution in [0.3, 0.4) is 0 Å². The SMILES string of the molecule is COCCN(C(=O)CSc1n[nH]c(C(C)C)n1)c1c(N)n(CC(C)C)c(=O)[nH]c1=O. The van der Waals surface area contributed by atoms with Crippen LogP contribution in [0, 0.1) is 5.92 Å². The summed E-state index contributed by atoms with van der Waals surface area (Å²) in [5.41, 5.74) is 4.78. The number of rotatable bonds is 10. The van der Waals surface area contributed by atoms with E-state index in [1.54, 1.807) is 0 Å². The molecule has 0 saturated heterocycles. The Kier molecular flexibility index (Phi) is 8.24. The predicted molar refractivity (Wildman–Crippen MR) is 116 cm³/mol. The van der Waals surface area contributed by atoms with Crippen LogP contribution in [-0.4, -0.2) is 56.7 Å². The standard InChI is InChI=1S/C18H29N7O4S/c1-10(2)8-25-14(19)13(16(27)21-18(25)28)24(6-7-29-5)12(26)9-30-17-20-15(11(3)4)22-23-17/h10-11H,6-9,19H2,1-5H3,(H,20,22,23)(H,21,27,28). The van der Waals surface area contributed by atoms with Gasteiger partial charge in [-0.05, 0) is 5.92 Å². The zero-order valence-corrected chi connectivity index (χ0v) is 18.7. The number of H-pyrrole nitrogens is 2. The average molecular weight is 440 g/mol. The molecule has 2 aromatic rings. The fourth-order valence-corrected chi connectivity index (χ4v) is 3.39. The number of ether oxygens (including phenoxy) is 1. The first kappa shape index (κ1) is 23.7. The molecule has 1 amide bonds. The third-order valence-corrected chi connectivity index (χ3v) is 5.04. The van der Waals surface area contributed by atoms with Gasteiger partial charge < -0.3 is 15.4 Å². The van der Waals surface area contributed by atoms with Crippen molar-refractivity contribution < 1.29 is 9.53 Å². The van der Waals surface area contributed by atoms with Crippen LogP contribution in [-0.2, 0) is 16.1 Å². The summed E-state index contributed by atoms with van der Waals surface area (Å²) in [7, 11) is 1.49. The number of aromatic amines is 2. The van der Waals surface area contributed by atoms with E-state index in [0.717, 1.165) is 17.6 Å². The van der Waals surface area contributed by atoms with Crippen LogP contribution in [0.4, 0.5) is 11.5 Å². The molecule has 30 heavy (non-hydrogen) atoms. The van der Waals surface area contributed by atoms with Crippen molar-refractivity contribution in [1.29, 1.82) is 0 Å². The van der Waals surface area contributed by atoms with Gasteiger partial charge in [-0.2, -0.15) is 0 Å². The lowest BCUT2D eigenvalue weighted by Crippen LogP contribution is -2.43. The van der Waals surface area contributed by atoms with Crippen LogP contribution in [0.2, 0.25) is 0 Å². The minimum Gasteiger partial charge on any atom is -0.383 e. The van der Waals surface area contributed by atoms with Gasteiger partial charge in [-0.25, -0.2) is 9.78 Å². The van der Waals surface area contributed by atoms with Gasteiger partial charge in [0.2, 0.25) is 11.1 Å². The van der Waals surface area contributed by atoms with Crippen molar-refractivity contribution in [2.75, 3.05) is 36.6 Å². The second-order valence-corrected chi connectivity index (χ2v) is 8.42. The lowest BCUT2D eigenvalue weighted by molar-refractivity contribution is -0.116. The summed E-state index contributed by atoms with van der Waals surface area (Å²) in [5.74, 6) is 0.584.